The summed E-state index contributed by atoms with van der Waals surface area (Å²) in [5.74, 6) is 0.273. The SMILES string of the molecule is CCN1CCN(C(=O)C2CC2C(=O)N(CC)CC)CC1. The monoisotopic (exact) mass is 281 g/mol. The molecule has 0 N–H and O–H groups in total. The molecule has 0 radical (unpaired) electrons. The van der Waals surface area contributed by atoms with E-state index in [2.05, 4.69) is 11.8 Å². The summed E-state index contributed by atoms with van der Waals surface area (Å²) < 4.78 is 0. The molecular formula is C15H27N3O2. The first-order valence-electron chi connectivity index (χ1n) is 7.92. The van der Waals surface area contributed by atoms with Crippen LogP contribution < -0.4 is 0 Å². The molecule has 0 aromatic heterocycles. The van der Waals surface area contributed by atoms with E-state index >= 15 is 0 Å². The van der Waals surface area contributed by atoms with Crippen LogP contribution in [0.3, 0.4) is 0 Å². The lowest BCUT2D eigenvalue weighted by atomic mass is 10.2. The molecule has 0 spiro atoms. The van der Waals surface area contributed by atoms with Gasteiger partial charge in [0.25, 0.3) is 0 Å². The molecule has 2 aliphatic rings. The molecule has 0 bridgehead atoms. The zero-order chi connectivity index (χ0) is 14.7. The van der Waals surface area contributed by atoms with Crippen LogP contribution in [0.25, 0.3) is 0 Å². The second-order valence-corrected chi connectivity index (χ2v) is 5.72. The molecule has 0 aromatic rings. The van der Waals surface area contributed by atoms with E-state index in [0.29, 0.717) is 0 Å². The Morgan fingerprint density at radius 1 is 1.00 bits per heavy atom. The van der Waals surface area contributed by atoms with E-state index in [4.69, 9.17) is 0 Å². The third-order valence-electron chi connectivity index (χ3n) is 4.63. The molecule has 2 unspecified atom stereocenters. The summed E-state index contributed by atoms with van der Waals surface area (Å²) in [4.78, 5) is 30.8. The minimum atomic E-state index is -0.0494. The first kappa shape index (κ1) is 15.3. The van der Waals surface area contributed by atoms with Gasteiger partial charge in [0.1, 0.15) is 0 Å². The molecule has 2 atom stereocenters. The highest BCUT2D eigenvalue weighted by molar-refractivity contribution is 5.92. The smallest absolute Gasteiger partial charge is 0.226 e. The number of carbonyl (C=O) groups excluding carboxylic acids is 2. The van der Waals surface area contributed by atoms with Crippen molar-refractivity contribution in [2.24, 2.45) is 11.8 Å². The van der Waals surface area contributed by atoms with Crippen molar-refractivity contribution < 1.29 is 9.59 Å². The summed E-state index contributed by atoms with van der Waals surface area (Å²) in [6.45, 7) is 12.2. The summed E-state index contributed by atoms with van der Waals surface area (Å²) in [7, 11) is 0. The molecule has 1 saturated carbocycles. The Labute approximate surface area is 121 Å². The normalized spacial score (nSPS) is 26.4. The molecule has 5 nitrogen and oxygen atoms in total. The molecule has 114 valence electrons. The number of nitrogens with zero attached hydrogens (tertiary/aromatic N) is 3. The van der Waals surface area contributed by atoms with Crippen LogP contribution in [0, 0.1) is 11.8 Å². The van der Waals surface area contributed by atoms with E-state index < -0.39 is 0 Å². The molecular weight excluding hydrogens is 254 g/mol. The van der Waals surface area contributed by atoms with Crippen LogP contribution in [0.5, 0.6) is 0 Å². The van der Waals surface area contributed by atoms with Crippen LogP contribution in [0.4, 0.5) is 0 Å². The van der Waals surface area contributed by atoms with Gasteiger partial charge in [0.05, 0.1) is 11.8 Å². The van der Waals surface area contributed by atoms with Crippen molar-refractivity contribution in [3.8, 4) is 0 Å². The number of carbonyl (C=O) groups is 2. The summed E-state index contributed by atoms with van der Waals surface area (Å²) in [6, 6.07) is 0. The fourth-order valence-electron chi connectivity index (χ4n) is 3.03. The van der Waals surface area contributed by atoms with Crippen LogP contribution in [0.1, 0.15) is 27.2 Å². The highest BCUT2D eigenvalue weighted by atomic mass is 16.2. The Hall–Kier alpha value is -1.10. The minimum Gasteiger partial charge on any atom is -0.343 e. The van der Waals surface area contributed by atoms with Crippen molar-refractivity contribution in [2.75, 3.05) is 45.8 Å². The van der Waals surface area contributed by atoms with Crippen LogP contribution >= 0.6 is 0 Å². The second kappa shape index (κ2) is 6.57. The van der Waals surface area contributed by atoms with Gasteiger partial charge in [-0.3, -0.25) is 9.59 Å². The van der Waals surface area contributed by atoms with Crippen molar-refractivity contribution >= 4 is 11.8 Å². The van der Waals surface area contributed by atoms with E-state index in [1.807, 2.05) is 23.6 Å². The lowest BCUT2D eigenvalue weighted by Crippen LogP contribution is -2.49. The maximum Gasteiger partial charge on any atom is 0.226 e. The first-order chi connectivity index (χ1) is 9.62. The van der Waals surface area contributed by atoms with Crippen molar-refractivity contribution in [1.29, 1.82) is 0 Å². The summed E-state index contributed by atoms with van der Waals surface area (Å²) in [5.41, 5.74) is 0. The fraction of sp³-hybridized carbons (Fsp3) is 0.867. The van der Waals surface area contributed by atoms with Gasteiger partial charge >= 0.3 is 0 Å². The molecule has 2 fully saturated rings. The third kappa shape index (κ3) is 3.14. The number of hydrogen-bond acceptors (Lipinski definition) is 3. The Kier molecular flexibility index (Phi) is 5.02. The topological polar surface area (TPSA) is 43.9 Å². The molecule has 20 heavy (non-hydrogen) atoms. The number of piperazine rings is 1. The summed E-state index contributed by atoms with van der Waals surface area (Å²) in [6.07, 6.45) is 0.752. The van der Waals surface area contributed by atoms with Crippen LogP contribution in [0.2, 0.25) is 0 Å². The minimum absolute atomic E-state index is 0.0451. The highest BCUT2D eigenvalue weighted by Gasteiger charge is 2.50. The van der Waals surface area contributed by atoms with Gasteiger partial charge in [-0.25, -0.2) is 0 Å². The lowest BCUT2D eigenvalue weighted by Gasteiger charge is -2.34. The van der Waals surface area contributed by atoms with Crippen LogP contribution in [-0.4, -0.2) is 72.3 Å². The van der Waals surface area contributed by atoms with Crippen molar-refractivity contribution in [3.05, 3.63) is 0 Å². The van der Waals surface area contributed by atoms with Gasteiger partial charge in [0.2, 0.25) is 11.8 Å². The maximum absolute atomic E-state index is 12.4. The summed E-state index contributed by atoms with van der Waals surface area (Å²) >= 11 is 0. The number of amides is 2. The zero-order valence-corrected chi connectivity index (χ0v) is 13.0. The van der Waals surface area contributed by atoms with E-state index in [1.165, 1.54) is 0 Å². The average Bonchev–Trinajstić information content (AvgIpc) is 3.28. The van der Waals surface area contributed by atoms with Gasteiger partial charge in [-0.1, -0.05) is 6.92 Å². The number of rotatable bonds is 5. The highest BCUT2D eigenvalue weighted by Crippen LogP contribution is 2.41. The van der Waals surface area contributed by atoms with E-state index in [9.17, 15) is 9.59 Å². The largest absolute Gasteiger partial charge is 0.343 e. The van der Waals surface area contributed by atoms with Crippen LogP contribution in [-0.2, 0) is 9.59 Å². The Morgan fingerprint density at radius 2 is 1.60 bits per heavy atom. The van der Waals surface area contributed by atoms with Crippen molar-refractivity contribution in [2.45, 2.75) is 27.2 Å². The summed E-state index contributed by atoms with van der Waals surface area (Å²) in [5, 5.41) is 0. The van der Waals surface area contributed by atoms with E-state index in [0.717, 1.165) is 52.2 Å². The lowest BCUT2D eigenvalue weighted by molar-refractivity contribution is -0.138. The van der Waals surface area contributed by atoms with Gasteiger partial charge in [0, 0.05) is 39.3 Å². The maximum atomic E-state index is 12.4. The van der Waals surface area contributed by atoms with Crippen LogP contribution in [0.15, 0.2) is 0 Å². The van der Waals surface area contributed by atoms with Crippen molar-refractivity contribution in [3.63, 3.8) is 0 Å². The molecule has 2 rings (SSSR count). The molecule has 5 heteroatoms. The van der Waals surface area contributed by atoms with Gasteiger partial charge in [-0.05, 0) is 26.8 Å². The third-order valence-corrected chi connectivity index (χ3v) is 4.63. The van der Waals surface area contributed by atoms with Gasteiger partial charge in [-0.15, -0.1) is 0 Å². The average molecular weight is 281 g/mol. The molecule has 1 saturated heterocycles. The van der Waals surface area contributed by atoms with Gasteiger partial charge in [0.15, 0.2) is 0 Å². The molecule has 1 heterocycles. The standard InChI is InChI=1S/C15H27N3O2/c1-4-16-7-9-18(10-8-16)15(20)13-11-12(13)14(19)17(5-2)6-3/h12-13H,4-11H2,1-3H3. The molecule has 2 amide bonds. The second-order valence-electron chi connectivity index (χ2n) is 5.72. The van der Waals surface area contributed by atoms with Crippen molar-refractivity contribution in [1.82, 2.24) is 14.7 Å². The Morgan fingerprint density at radius 3 is 2.10 bits per heavy atom. The first-order valence-corrected chi connectivity index (χ1v) is 7.92. The number of likely N-dealkylation sites (N-methyl/N-ethyl adjacent to an activating group) is 1. The molecule has 0 aromatic carbocycles. The zero-order valence-electron chi connectivity index (χ0n) is 13.0. The Bertz CT molecular complexity index is 360. The number of hydrogen-bond donors (Lipinski definition) is 0. The van der Waals surface area contributed by atoms with Gasteiger partial charge < -0.3 is 14.7 Å². The predicted molar refractivity (Wildman–Crippen MR) is 78.2 cm³/mol. The van der Waals surface area contributed by atoms with E-state index in [1.54, 1.807) is 0 Å². The Balaban J connectivity index is 1.83. The molecule has 1 aliphatic heterocycles. The fourth-order valence-corrected chi connectivity index (χ4v) is 3.03. The predicted octanol–water partition coefficient (Wildman–Crippen LogP) is 0.655. The quantitative estimate of drug-likeness (QED) is 0.743. The molecule has 1 aliphatic carbocycles. The van der Waals surface area contributed by atoms with E-state index in [-0.39, 0.29) is 23.7 Å². The van der Waals surface area contributed by atoms with Gasteiger partial charge in [-0.2, -0.15) is 0 Å².